The molecule has 0 aromatic heterocycles. The molecule has 1 aliphatic rings. The van der Waals surface area contributed by atoms with E-state index in [4.69, 9.17) is 16.3 Å². The summed E-state index contributed by atoms with van der Waals surface area (Å²) in [4.78, 5) is 10.9. The number of esters is 1. The molecule has 1 heterocycles. The van der Waals surface area contributed by atoms with Crippen molar-refractivity contribution in [2.24, 2.45) is 5.92 Å². The van der Waals surface area contributed by atoms with Gasteiger partial charge in [-0.1, -0.05) is 42.8 Å². The van der Waals surface area contributed by atoms with Gasteiger partial charge in [0.05, 0.1) is 0 Å². The summed E-state index contributed by atoms with van der Waals surface area (Å²) in [5.74, 6) is -0.102. The van der Waals surface area contributed by atoms with Crippen LogP contribution in [-0.2, 0) is 9.53 Å². The molecular formula is C14H13ClO2. The molecule has 17 heavy (non-hydrogen) atoms. The van der Waals surface area contributed by atoms with Crippen molar-refractivity contribution in [2.75, 3.05) is 0 Å². The Morgan fingerprint density at radius 3 is 2.65 bits per heavy atom. The number of hydrogen-bond acceptors (Lipinski definition) is 2. The molecule has 1 aromatic rings. The molecule has 1 aliphatic heterocycles. The lowest BCUT2D eigenvalue weighted by atomic mass is 10.0. The van der Waals surface area contributed by atoms with E-state index in [1.165, 1.54) is 6.08 Å². The average Bonchev–Trinajstić information content (AvgIpc) is 2.75. The number of carbonyl (C=O) groups is 1. The van der Waals surface area contributed by atoms with Crippen LogP contribution < -0.4 is 0 Å². The van der Waals surface area contributed by atoms with Gasteiger partial charge >= 0.3 is 5.97 Å². The third-order valence-corrected chi connectivity index (χ3v) is 2.91. The number of benzene rings is 1. The first kappa shape index (κ1) is 11.9. The van der Waals surface area contributed by atoms with Crippen LogP contribution in [0.3, 0.4) is 0 Å². The van der Waals surface area contributed by atoms with E-state index in [0.29, 0.717) is 0 Å². The van der Waals surface area contributed by atoms with Gasteiger partial charge in [-0.05, 0) is 23.8 Å². The standard InChI is InChI=1S/C14H13ClO2/c1-10(13-8-9-14(16)17-13)2-3-11-4-6-12(15)7-5-11/h2-10,13H,1H3/b3-2+. The van der Waals surface area contributed by atoms with E-state index in [2.05, 4.69) is 0 Å². The van der Waals surface area contributed by atoms with Gasteiger partial charge in [0.1, 0.15) is 6.10 Å². The SMILES string of the molecule is CC(/C=C/c1ccc(Cl)cc1)C1C=CC(=O)O1. The summed E-state index contributed by atoms with van der Waals surface area (Å²) in [6, 6.07) is 7.59. The zero-order valence-corrected chi connectivity index (χ0v) is 10.2. The summed E-state index contributed by atoms with van der Waals surface area (Å²) < 4.78 is 5.11. The lowest BCUT2D eigenvalue weighted by Crippen LogP contribution is -2.15. The summed E-state index contributed by atoms with van der Waals surface area (Å²) in [6.45, 7) is 2.01. The van der Waals surface area contributed by atoms with E-state index in [1.807, 2.05) is 43.3 Å². The molecule has 2 nitrogen and oxygen atoms in total. The third kappa shape index (κ3) is 3.21. The van der Waals surface area contributed by atoms with Crippen LogP contribution in [-0.4, -0.2) is 12.1 Å². The van der Waals surface area contributed by atoms with E-state index >= 15 is 0 Å². The van der Waals surface area contributed by atoms with Crippen LogP contribution in [0.15, 0.2) is 42.5 Å². The fourth-order valence-corrected chi connectivity index (χ4v) is 1.74. The molecule has 88 valence electrons. The zero-order valence-electron chi connectivity index (χ0n) is 9.47. The summed E-state index contributed by atoms with van der Waals surface area (Å²) in [7, 11) is 0. The molecule has 0 amide bonds. The maximum atomic E-state index is 10.9. The zero-order chi connectivity index (χ0) is 12.3. The van der Waals surface area contributed by atoms with Gasteiger partial charge in [-0.15, -0.1) is 0 Å². The molecule has 0 fully saturated rings. The molecule has 0 bridgehead atoms. The second-order valence-corrected chi connectivity index (χ2v) is 4.47. The monoisotopic (exact) mass is 248 g/mol. The Morgan fingerprint density at radius 1 is 1.35 bits per heavy atom. The molecule has 0 saturated carbocycles. The minimum Gasteiger partial charge on any atom is -0.454 e. The highest BCUT2D eigenvalue weighted by Gasteiger charge is 2.20. The number of rotatable bonds is 3. The lowest BCUT2D eigenvalue weighted by molar-refractivity contribution is -0.139. The van der Waals surface area contributed by atoms with Crippen LogP contribution in [0.5, 0.6) is 0 Å². The topological polar surface area (TPSA) is 26.3 Å². The van der Waals surface area contributed by atoms with Crippen molar-refractivity contribution in [1.82, 2.24) is 0 Å². The Kier molecular flexibility index (Phi) is 3.64. The van der Waals surface area contributed by atoms with Crippen molar-refractivity contribution in [3.8, 4) is 0 Å². The van der Waals surface area contributed by atoms with Gasteiger partial charge in [-0.2, -0.15) is 0 Å². The summed E-state index contributed by atoms with van der Waals surface area (Å²) in [6.07, 6.45) is 7.14. The molecule has 2 atom stereocenters. The Labute approximate surface area is 106 Å². The Morgan fingerprint density at radius 2 is 2.06 bits per heavy atom. The van der Waals surface area contributed by atoms with Crippen molar-refractivity contribution >= 4 is 23.6 Å². The molecule has 0 saturated heterocycles. The predicted octanol–water partition coefficient (Wildman–Crippen LogP) is 3.47. The minimum atomic E-state index is -0.262. The first-order valence-electron chi connectivity index (χ1n) is 5.48. The number of hydrogen-bond donors (Lipinski definition) is 0. The molecule has 0 aliphatic carbocycles. The van der Waals surface area contributed by atoms with Crippen LogP contribution in [0.25, 0.3) is 6.08 Å². The normalized spacial score (nSPS) is 20.8. The third-order valence-electron chi connectivity index (χ3n) is 2.65. The molecule has 3 heteroatoms. The Bertz CT molecular complexity index is 460. The van der Waals surface area contributed by atoms with E-state index in [0.717, 1.165) is 10.6 Å². The Balaban J connectivity index is 1.98. The van der Waals surface area contributed by atoms with E-state index < -0.39 is 0 Å². The molecule has 2 rings (SSSR count). The predicted molar refractivity (Wildman–Crippen MR) is 68.7 cm³/mol. The fourth-order valence-electron chi connectivity index (χ4n) is 1.61. The maximum Gasteiger partial charge on any atom is 0.331 e. The van der Waals surface area contributed by atoms with E-state index in [9.17, 15) is 4.79 Å². The van der Waals surface area contributed by atoms with Crippen molar-refractivity contribution in [3.05, 3.63) is 53.1 Å². The van der Waals surface area contributed by atoms with Crippen LogP contribution in [0.1, 0.15) is 12.5 Å². The lowest BCUT2D eigenvalue weighted by Gasteiger charge is -2.12. The van der Waals surface area contributed by atoms with Gasteiger partial charge in [0.15, 0.2) is 0 Å². The van der Waals surface area contributed by atoms with E-state index in [-0.39, 0.29) is 18.0 Å². The minimum absolute atomic E-state index is 0.147. The molecule has 2 unspecified atom stereocenters. The first-order chi connectivity index (χ1) is 8.15. The highest BCUT2D eigenvalue weighted by Crippen LogP contribution is 2.18. The molecular weight excluding hydrogens is 236 g/mol. The molecule has 1 aromatic carbocycles. The highest BCUT2D eigenvalue weighted by atomic mass is 35.5. The second-order valence-electron chi connectivity index (χ2n) is 4.03. The summed E-state index contributed by atoms with van der Waals surface area (Å²) in [5, 5.41) is 0.725. The quantitative estimate of drug-likeness (QED) is 0.766. The number of cyclic esters (lactones) is 1. The number of halogens is 1. The summed E-state index contributed by atoms with van der Waals surface area (Å²) >= 11 is 5.80. The largest absolute Gasteiger partial charge is 0.454 e. The smallest absolute Gasteiger partial charge is 0.331 e. The van der Waals surface area contributed by atoms with Crippen molar-refractivity contribution in [2.45, 2.75) is 13.0 Å². The fraction of sp³-hybridized carbons (Fsp3) is 0.214. The first-order valence-corrected chi connectivity index (χ1v) is 5.85. The molecule has 0 radical (unpaired) electrons. The van der Waals surface area contributed by atoms with Crippen LogP contribution in [0, 0.1) is 5.92 Å². The van der Waals surface area contributed by atoms with Gasteiger partial charge < -0.3 is 4.74 Å². The molecule has 0 spiro atoms. The number of ether oxygens (including phenoxy) is 1. The van der Waals surface area contributed by atoms with Gasteiger partial charge in [0, 0.05) is 17.0 Å². The van der Waals surface area contributed by atoms with Crippen LogP contribution in [0.2, 0.25) is 5.02 Å². The van der Waals surface area contributed by atoms with Gasteiger partial charge in [0.2, 0.25) is 0 Å². The number of carbonyl (C=O) groups excluding carboxylic acids is 1. The van der Waals surface area contributed by atoms with Crippen LogP contribution >= 0.6 is 11.6 Å². The molecule has 0 N–H and O–H groups in total. The van der Waals surface area contributed by atoms with Crippen LogP contribution in [0.4, 0.5) is 0 Å². The van der Waals surface area contributed by atoms with Crippen molar-refractivity contribution in [1.29, 1.82) is 0 Å². The van der Waals surface area contributed by atoms with E-state index in [1.54, 1.807) is 6.08 Å². The maximum absolute atomic E-state index is 10.9. The van der Waals surface area contributed by atoms with Crippen molar-refractivity contribution in [3.63, 3.8) is 0 Å². The van der Waals surface area contributed by atoms with Gasteiger partial charge in [-0.3, -0.25) is 0 Å². The van der Waals surface area contributed by atoms with Gasteiger partial charge in [-0.25, -0.2) is 4.79 Å². The van der Waals surface area contributed by atoms with Gasteiger partial charge in [0.25, 0.3) is 0 Å². The highest BCUT2D eigenvalue weighted by molar-refractivity contribution is 6.30. The van der Waals surface area contributed by atoms with Crippen molar-refractivity contribution < 1.29 is 9.53 Å². The second kappa shape index (κ2) is 5.19. The average molecular weight is 249 g/mol. The Hall–Kier alpha value is -1.54. The summed E-state index contributed by atoms with van der Waals surface area (Å²) in [5.41, 5.74) is 1.08.